The predicted molar refractivity (Wildman–Crippen MR) is 76.1 cm³/mol. The fourth-order valence-electron chi connectivity index (χ4n) is 1.51. The van der Waals surface area contributed by atoms with Crippen LogP contribution >= 0.6 is 38.9 Å². The first-order chi connectivity index (χ1) is 8.16. The van der Waals surface area contributed by atoms with Gasteiger partial charge in [0.2, 0.25) is 0 Å². The average Bonchev–Trinajstić information content (AvgIpc) is 2.82. The summed E-state index contributed by atoms with van der Waals surface area (Å²) < 4.78 is 0.765. The number of Topliss-reactive ketones (excluding diaryl/α,β-unsaturated/α-hetero) is 1. The van der Waals surface area contributed by atoms with Gasteiger partial charge in [0.1, 0.15) is 0 Å². The Labute approximate surface area is 118 Å². The van der Waals surface area contributed by atoms with Crippen LogP contribution in [-0.4, -0.2) is 5.78 Å². The van der Waals surface area contributed by atoms with E-state index in [-0.39, 0.29) is 5.78 Å². The second-order valence-corrected chi connectivity index (χ2v) is 5.93. The Morgan fingerprint density at radius 3 is 2.82 bits per heavy atom. The molecule has 1 nitrogen and oxygen atoms in total. The normalized spacial score (nSPS) is 10.5. The van der Waals surface area contributed by atoms with E-state index >= 15 is 0 Å². The largest absolute Gasteiger partial charge is 0.294 e. The lowest BCUT2D eigenvalue weighted by atomic mass is 10.1. The van der Waals surface area contributed by atoms with Crippen LogP contribution in [0, 0.1) is 0 Å². The number of halogens is 2. The van der Waals surface area contributed by atoms with E-state index in [9.17, 15) is 4.79 Å². The molecule has 0 unspecified atom stereocenters. The van der Waals surface area contributed by atoms with Crippen LogP contribution < -0.4 is 0 Å². The third-order valence-electron chi connectivity index (χ3n) is 2.42. The zero-order valence-electron chi connectivity index (χ0n) is 8.95. The SMILES string of the molecule is O=C(CCc1cccs1)c1ccc(Cl)c(Br)c1. The summed E-state index contributed by atoms with van der Waals surface area (Å²) >= 11 is 10.9. The summed E-state index contributed by atoms with van der Waals surface area (Å²) in [6.07, 6.45) is 1.34. The van der Waals surface area contributed by atoms with Crippen LogP contribution in [0.4, 0.5) is 0 Å². The van der Waals surface area contributed by atoms with Gasteiger partial charge < -0.3 is 0 Å². The second-order valence-electron chi connectivity index (χ2n) is 3.63. The van der Waals surface area contributed by atoms with E-state index in [2.05, 4.69) is 22.0 Å². The molecule has 0 spiro atoms. The average molecular weight is 330 g/mol. The quantitative estimate of drug-likeness (QED) is 0.723. The van der Waals surface area contributed by atoms with Gasteiger partial charge in [-0.15, -0.1) is 11.3 Å². The molecule has 0 aliphatic heterocycles. The minimum atomic E-state index is 0.149. The van der Waals surface area contributed by atoms with Gasteiger partial charge in [-0.3, -0.25) is 4.79 Å². The third kappa shape index (κ3) is 3.41. The molecule has 2 aromatic rings. The van der Waals surface area contributed by atoms with Crippen LogP contribution in [-0.2, 0) is 6.42 Å². The Morgan fingerprint density at radius 2 is 2.18 bits per heavy atom. The summed E-state index contributed by atoms with van der Waals surface area (Å²) in [5, 5.41) is 2.65. The van der Waals surface area contributed by atoms with Crippen molar-refractivity contribution < 1.29 is 4.79 Å². The fourth-order valence-corrected chi connectivity index (χ4v) is 2.71. The molecular formula is C13H10BrClOS. The second kappa shape index (κ2) is 5.80. The molecule has 0 amide bonds. The highest BCUT2D eigenvalue weighted by molar-refractivity contribution is 9.10. The van der Waals surface area contributed by atoms with E-state index in [1.54, 1.807) is 29.5 Å². The van der Waals surface area contributed by atoms with Crippen molar-refractivity contribution in [2.75, 3.05) is 0 Å². The number of aryl methyl sites for hydroxylation is 1. The molecule has 88 valence electrons. The molecule has 1 aromatic heterocycles. The first kappa shape index (κ1) is 12.8. The number of rotatable bonds is 4. The van der Waals surface area contributed by atoms with Gasteiger partial charge in [-0.25, -0.2) is 0 Å². The van der Waals surface area contributed by atoms with E-state index in [4.69, 9.17) is 11.6 Å². The van der Waals surface area contributed by atoms with Crippen LogP contribution in [0.15, 0.2) is 40.2 Å². The first-order valence-corrected chi connectivity index (χ1v) is 7.22. The molecule has 0 N–H and O–H groups in total. The van der Waals surface area contributed by atoms with Crippen molar-refractivity contribution >= 4 is 44.7 Å². The maximum Gasteiger partial charge on any atom is 0.163 e. The fraction of sp³-hybridized carbons (Fsp3) is 0.154. The number of hydrogen-bond acceptors (Lipinski definition) is 2. The minimum Gasteiger partial charge on any atom is -0.294 e. The Bertz CT molecular complexity index is 522. The lowest BCUT2D eigenvalue weighted by molar-refractivity contribution is 0.0983. The Kier molecular flexibility index (Phi) is 4.37. The summed E-state index contributed by atoms with van der Waals surface area (Å²) in [5.74, 6) is 0.149. The zero-order chi connectivity index (χ0) is 12.3. The minimum absolute atomic E-state index is 0.149. The maximum atomic E-state index is 11.9. The van der Waals surface area contributed by atoms with Gasteiger partial charge >= 0.3 is 0 Å². The van der Waals surface area contributed by atoms with Crippen molar-refractivity contribution in [1.29, 1.82) is 0 Å². The van der Waals surface area contributed by atoms with Gasteiger partial charge in [-0.05, 0) is 52.0 Å². The summed E-state index contributed by atoms with van der Waals surface area (Å²) in [7, 11) is 0. The molecule has 0 saturated carbocycles. The van der Waals surface area contributed by atoms with E-state index in [0.29, 0.717) is 17.0 Å². The number of hydrogen-bond donors (Lipinski definition) is 0. The van der Waals surface area contributed by atoms with E-state index in [1.807, 2.05) is 11.4 Å². The highest BCUT2D eigenvalue weighted by atomic mass is 79.9. The molecule has 2 rings (SSSR count). The molecule has 1 heterocycles. The molecular weight excluding hydrogens is 320 g/mol. The van der Waals surface area contributed by atoms with E-state index < -0.39 is 0 Å². The molecule has 4 heteroatoms. The number of benzene rings is 1. The lowest BCUT2D eigenvalue weighted by Crippen LogP contribution is -2.00. The van der Waals surface area contributed by atoms with Gasteiger partial charge in [0.05, 0.1) is 5.02 Å². The van der Waals surface area contributed by atoms with Crippen molar-refractivity contribution in [2.24, 2.45) is 0 Å². The molecule has 0 aliphatic rings. The van der Waals surface area contributed by atoms with E-state index in [0.717, 1.165) is 10.9 Å². The maximum absolute atomic E-state index is 11.9. The van der Waals surface area contributed by atoms with Gasteiger partial charge in [-0.1, -0.05) is 17.7 Å². The van der Waals surface area contributed by atoms with Crippen LogP contribution in [0.5, 0.6) is 0 Å². The molecule has 17 heavy (non-hydrogen) atoms. The van der Waals surface area contributed by atoms with Gasteiger partial charge in [0, 0.05) is 21.3 Å². The van der Waals surface area contributed by atoms with Gasteiger partial charge in [0.25, 0.3) is 0 Å². The van der Waals surface area contributed by atoms with Crippen LogP contribution in [0.25, 0.3) is 0 Å². The monoisotopic (exact) mass is 328 g/mol. The highest BCUT2D eigenvalue weighted by Crippen LogP contribution is 2.24. The molecule has 0 bridgehead atoms. The summed E-state index contributed by atoms with van der Waals surface area (Å²) in [6.45, 7) is 0. The van der Waals surface area contributed by atoms with Crippen LogP contribution in [0.3, 0.4) is 0 Å². The predicted octanol–water partition coefficient (Wildman–Crippen LogP) is 4.98. The lowest BCUT2D eigenvalue weighted by Gasteiger charge is -2.02. The third-order valence-corrected chi connectivity index (χ3v) is 4.57. The molecule has 0 saturated heterocycles. The zero-order valence-corrected chi connectivity index (χ0v) is 12.1. The van der Waals surface area contributed by atoms with Crippen LogP contribution in [0.2, 0.25) is 5.02 Å². The van der Waals surface area contributed by atoms with Gasteiger partial charge in [0.15, 0.2) is 5.78 Å². The van der Waals surface area contributed by atoms with Gasteiger partial charge in [-0.2, -0.15) is 0 Å². The molecule has 0 fully saturated rings. The number of ketones is 1. The summed E-state index contributed by atoms with van der Waals surface area (Å²) in [6, 6.07) is 9.34. The van der Waals surface area contributed by atoms with E-state index in [1.165, 1.54) is 4.88 Å². The smallest absolute Gasteiger partial charge is 0.163 e. The Balaban J connectivity index is 2.02. The van der Waals surface area contributed by atoms with Crippen molar-refractivity contribution in [3.63, 3.8) is 0 Å². The Morgan fingerprint density at radius 1 is 1.35 bits per heavy atom. The van der Waals surface area contributed by atoms with Crippen molar-refractivity contribution in [2.45, 2.75) is 12.8 Å². The molecule has 1 aromatic carbocycles. The number of carbonyl (C=O) groups is 1. The summed E-state index contributed by atoms with van der Waals surface area (Å²) in [4.78, 5) is 13.2. The van der Waals surface area contributed by atoms with Crippen LogP contribution in [0.1, 0.15) is 21.7 Å². The molecule has 0 atom stereocenters. The summed E-state index contributed by atoms with van der Waals surface area (Å²) in [5.41, 5.74) is 0.706. The van der Waals surface area contributed by atoms with Crippen molar-refractivity contribution in [1.82, 2.24) is 0 Å². The van der Waals surface area contributed by atoms with Crippen molar-refractivity contribution in [3.05, 3.63) is 55.6 Å². The number of carbonyl (C=O) groups excluding carboxylic acids is 1. The topological polar surface area (TPSA) is 17.1 Å². The Hall–Kier alpha value is -0.640. The standard InChI is InChI=1S/C13H10BrClOS/c14-11-8-9(3-5-12(11)15)13(16)6-4-10-2-1-7-17-10/h1-3,5,7-8H,4,6H2. The first-order valence-electron chi connectivity index (χ1n) is 5.17. The van der Waals surface area contributed by atoms with Crippen molar-refractivity contribution in [3.8, 4) is 0 Å². The highest BCUT2D eigenvalue weighted by Gasteiger charge is 2.08. The molecule has 0 aliphatic carbocycles. The number of thiophene rings is 1. The molecule has 0 radical (unpaired) electrons.